The summed E-state index contributed by atoms with van der Waals surface area (Å²) in [6.45, 7) is 0. The van der Waals surface area contributed by atoms with Crippen LogP contribution >= 0.6 is 0 Å². The number of carbonyl (C=O) groups is 2. The summed E-state index contributed by atoms with van der Waals surface area (Å²) >= 11 is 0. The molecule has 6 N–H and O–H groups in total. The number of aliphatic hydroxyl groups excluding tert-OH is 2. The van der Waals surface area contributed by atoms with Crippen molar-refractivity contribution in [1.82, 2.24) is 24.8 Å². The van der Waals surface area contributed by atoms with E-state index in [1.807, 2.05) is 24.5 Å². The molecular weight excluding hydrogens is 701 g/mol. The second kappa shape index (κ2) is 16.3. The van der Waals surface area contributed by atoms with Gasteiger partial charge in [-0.05, 0) is 78.3 Å². The van der Waals surface area contributed by atoms with E-state index in [9.17, 15) is 19.8 Å². The summed E-state index contributed by atoms with van der Waals surface area (Å²) < 4.78 is 2.16. The molecule has 0 aliphatic heterocycles. The average Bonchev–Trinajstić information content (AvgIpc) is 3.82. The van der Waals surface area contributed by atoms with Crippen molar-refractivity contribution in [3.8, 4) is 0 Å². The van der Waals surface area contributed by atoms with Gasteiger partial charge in [-0.3, -0.25) is 9.59 Å². The van der Waals surface area contributed by atoms with Crippen LogP contribution in [0.5, 0.6) is 0 Å². The number of hydrogen-bond donors (Lipinski definition) is 5. The van der Waals surface area contributed by atoms with Crippen molar-refractivity contribution in [3.05, 3.63) is 155 Å². The zero-order valence-electron chi connectivity index (χ0n) is 31.6. The van der Waals surface area contributed by atoms with Gasteiger partial charge in [-0.2, -0.15) is 0 Å². The monoisotopic (exact) mass is 750 g/mol. The molecule has 6 aromatic rings. The number of nitrogens with one attached hydrogen (secondary N) is 2. The van der Waals surface area contributed by atoms with E-state index in [1.54, 1.807) is 12.1 Å². The molecule has 3 atom stereocenters. The third kappa shape index (κ3) is 7.51. The van der Waals surface area contributed by atoms with Crippen molar-refractivity contribution < 1.29 is 19.8 Å². The lowest BCUT2D eigenvalue weighted by molar-refractivity contribution is -0.0203. The lowest BCUT2D eigenvalue weighted by atomic mass is 9.77. The van der Waals surface area contributed by atoms with Crippen molar-refractivity contribution in [2.45, 2.75) is 88.0 Å². The van der Waals surface area contributed by atoms with Crippen LogP contribution in [0.1, 0.15) is 100 Å². The van der Waals surface area contributed by atoms with Crippen LogP contribution in [0.25, 0.3) is 11.0 Å². The molecule has 0 radical (unpaired) electrons. The maximum Gasteiger partial charge on any atom is 0.287 e. The summed E-state index contributed by atoms with van der Waals surface area (Å²) in [7, 11) is 0. The SMILES string of the molecule is NC(=O)c1ccc2[nH]c(C(=O)N[C@@H](CC3CCCCC3)[C@@H](O)[C@@H](O)C3CC3)nc2c1CCc1cn(C(c2ccccc2)(c2ccccc2)c2ccccc2)cn1. The molecule has 0 saturated heterocycles. The number of aliphatic hydroxyl groups is 2. The smallest absolute Gasteiger partial charge is 0.287 e. The molecule has 2 aliphatic carbocycles. The van der Waals surface area contributed by atoms with Crippen LogP contribution in [0, 0.1) is 11.8 Å². The van der Waals surface area contributed by atoms with Crippen LogP contribution in [-0.4, -0.2) is 59.8 Å². The van der Waals surface area contributed by atoms with Gasteiger partial charge in [0.2, 0.25) is 5.91 Å². The predicted molar refractivity (Wildman–Crippen MR) is 216 cm³/mol. The Morgan fingerprint density at radius 1 is 0.821 bits per heavy atom. The highest BCUT2D eigenvalue weighted by Gasteiger charge is 2.40. The lowest BCUT2D eigenvalue weighted by Crippen LogP contribution is -2.50. The molecule has 2 amide bonds. The van der Waals surface area contributed by atoms with Crippen molar-refractivity contribution >= 4 is 22.8 Å². The summed E-state index contributed by atoms with van der Waals surface area (Å²) in [6, 6.07) is 34.0. The Morgan fingerprint density at radius 3 is 2.00 bits per heavy atom. The Labute approximate surface area is 327 Å². The third-order valence-corrected chi connectivity index (χ3v) is 12.0. The maximum absolute atomic E-state index is 13.8. The molecular formula is C46H50N6O4. The van der Waals surface area contributed by atoms with Gasteiger partial charge in [0.15, 0.2) is 5.82 Å². The molecule has 2 aliphatic rings. The van der Waals surface area contributed by atoms with E-state index < -0.39 is 35.6 Å². The van der Waals surface area contributed by atoms with Gasteiger partial charge in [0.25, 0.3) is 5.91 Å². The highest BCUT2D eigenvalue weighted by Crippen LogP contribution is 2.41. The summed E-state index contributed by atoms with van der Waals surface area (Å²) in [5.41, 5.74) is 11.3. The van der Waals surface area contributed by atoms with Gasteiger partial charge in [0, 0.05) is 11.8 Å². The molecule has 0 unspecified atom stereocenters. The minimum atomic E-state index is -1.07. The third-order valence-electron chi connectivity index (χ3n) is 12.0. The van der Waals surface area contributed by atoms with Gasteiger partial charge in [-0.1, -0.05) is 123 Å². The summed E-state index contributed by atoms with van der Waals surface area (Å²) in [6.07, 6.45) is 10.8. The zero-order valence-corrected chi connectivity index (χ0v) is 31.6. The fourth-order valence-corrected chi connectivity index (χ4v) is 8.90. The Kier molecular flexibility index (Phi) is 10.8. The first kappa shape index (κ1) is 37.3. The van der Waals surface area contributed by atoms with Gasteiger partial charge < -0.3 is 30.8 Å². The van der Waals surface area contributed by atoms with E-state index in [-0.39, 0.29) is 11.7 Å². The van der Waals surface area contributed by atoms with E-state index in [4.69, 9.17) is 15.7 Å². The van der Waals surface area contributed by atoms with E-state index in [1.165, 1.54) is 6.42 Å². The largest absolute Gasteiger partial charge is 0.390 e. The summed E-state index contributed by atoms with van der Waals surface area (Å²) in [5.74, 6) is -0.532. The molecule has 0 spiro atoms. The second-order valence-corrected chi connectivity index (χ2v) is 15.7. The topological polar surface area (TPSA) is 159 Å². The number of imidazole rings is 2. The van der Waals surface area contributed by atoms with E-state index >= 15 is 0 Å². The number of H-pyrrole nitrogens is 1. The number of fused-ring (bicyclic) bond motifs is 1. The average molecular weight is 751 g/mol. The molecule has 288 valence electrons. The number of nitrogens with two attached hydrogens (primary N) is 1. The van der Waals surface area contributed by atoms with E-state index in [0.717, 1.165) is 60.9 Å². The number of benzene rings is 4. The van der Waals surface area contributed by atoms with Crippen LogP contribution in [0.4, 0.5) is 0 Å². The molecule has 0 bridgehead atoms. The van der Waals surface area contributed by atoms with Gasteiger partial charge in [-0.15, -0.1) is 0 Å². The number of amides is 2. The zero-order chi connectivity index (χ0) is 38.6. The number of nitrogens with zero attached hydrogens (tertiary/aromatic N) is 3. The molecule has 8 rings (SSSR count). The Hall–Kier alpha value is -5.58. The van der Waals surface area contributed by atoms with Crippen molar-refractivity contribution in [3.63, 3.8) is 0 Å². The minimum absolute atomic E-state index is 0.0644. The van der Waals surface area contributed by atoms with E-state index in [0.29, 0.717) is 47.3 Å². The van der Waals surface area contributed by atoms with Crippen LogP contribution in [-0.2, 0) is 18.4 Å². The fraction of sp³-hybridized carbons (Fsp3) is 0.348. The highest BCUT2D eigenvalue weighted by molar-refractivity contribution is 6.01. The fourth-order valence-electron chi connectivity index (χ4n) is 8.90. The van der Waals surface area contributed by atoms with Gasteiger partial charge in [0.05, 0.1) is 35.2 Å². The Morgan fingerprint density at radius 2 is 1.43 bits per heavy atom. The molecule has 2 heterocycles. The molecule has 2 aromatic heterocycles. The number of aromatic nitrogens is 4. The number of aromatic amines is 1. The van der Waals surface area contributed by atoms with E-state index in [2.05, 4.69) is 93.9 Å². The summed E-state index contributed by atoms with van der Waals surface area (Å²) in [5, 5.41) is 25.2. The van der Waals surface area contributed by atoms with Gasteiger partial charge >= 0.3 is 0 Å². The lowest BCUT2D eigenvalue weighted by Gasteiger charge is -2.37. The van der Waals surface area contributed by atoms with Crippen molar-refractivity contribution in [2.75, 3.05) is 0 Å². The van der Waals surface area contributed by atoms with Gasteiger partial charge in [0.1, 0.15) is 11.6 Å². The van der Waals surface area contributed by atoms with Gasteiger partial charge in [-0.25, -0.2) is 9.97 Å². The Bertz CT molecular complexity index is 2160. The first-order chi connectivity index (χ1) is 27.3. The standard InChI is InChI=1S/C46H50N6O4/c47-43(55)37-25-26-38-40(51-44(49-38)45(56)50-39(27-30-13-5-1-6-14-30)42(54)41(53)31-21-22-31)36(37)24-23-35-28-52(29-48-35)46(32-15-7-2-8-16-32,33-17-9-3-10-18-33)34-19-11-4-12-20-34/h2-4,7-12,15-20,25-26,28-31,39,41-42,53-54H,1,5-6,13-14,21-24,27H2,(H2,47,55)(H,49,51)(H,50,56)/t39-,41-,42+/m0/s1. The number of hydrogen-bond acceptors (Lipinski definition) is 6. The number of rotatable bonds is 15. The molecule has 2 fully saturated rings. The number of aryl methyl sites for hydroxylation is 2. The first-order valence-electron chi connectivity index (χ1n) is 20.0. The number of carbonyl (C=O) groups excluding carboxylic acids is 2. The normalized spacial score (nSPS) is 16.7. The quantitative estimate of drug-likeness (QED) is 0.0737. The van der Waals surface area contributed by atoms with Crippen LogP contribution < -0.4 is 11.1 Å². The van der Waals surface area contributed by atoms with Crippen molar-refractivity contribution in [1.29, 1.82) is 0 Å². The van der Waals surface area contributed by atoms with Crippen molar-refractivity contribution in [2.24, 2.45) is 17.6 Å². The molecule has 56 heavy (non-hydrogen) atoms. The first-order valence-corrected chi connectivity index (χ1v) is 20.0. The van der Waals surface area contributed by atoms with Crippen LogP contribution in [0.2, 0.25) is 0 Å². The summed E-state index contributed by atoms with van der Waals surface area (Å²) in [4.78, 5) is 39.4. The minimum Gasteiger partial charge on any atom is -0.390 e. The highest BCUT2D eigenvalue weighted by atomic mass is 16.3. The Balaban J connectivity index is 1.09. The number of primary amides is 1. The van der Waals surface area contributed by atoms with Crippen LogP contribution in [0.3, 0.4) is 0 Å². The van der Waals surface area contributed by atoms with Crippen LogP contribution in [0.15, 0.2) is 116 Å². The molecule has 4 aromatic carbocycles. The molecule has 10 heteroatoms. The maximum atomic E-state index is 13.8. The second-order valence-electron chi connectivity index (χ2n) is 15.7. The predicted octanol–water partition coefficient (Wildman–Crippen LogP) is 6.68. The molecule has 10 nitrogen and oxygen atoms in total. The molecule has 2 saturated carbocycles.